The fourth-order valence-corrected chi connectivity index (χ4v) is 3.30. The molecule has 6 heteroatoms. The fraction of sp³-hybridized carbons (Fsp3) is 0.333. The molecule has 0 N–H and O–H groups in total. The van der Waals surface area contributed by atoms with E-state index in [1.807, 2.05) is 30.3 Å². The van der Waals surface area contributed by atoms with E-state index >= 15 is 0 Å². The van der Waals surface area contributed by atoms with Crippen LogP contribution in [0.3, 0.4) is 0 Å². The lowest BCUT2D eigenvalue weighted by molar-refractivity contribution is -0.129. The number of anilines is 1. The quantitative estimate of drug-likeness (QED) is 0.866. The number of ether oxygens (including phenoxy) is 1. The number of benzene rings is 1. The summed E-state index contributed by atoms with van der Waals surface area (Å²) in [6.45, 7) is 1.82. The third-order valence-electron chi connectivity index (χ3n) is 4.49. The van der Waals surface area contributed by atoms with E-state index in [2.05, 4.69) is 0 Å². The van der Waals surface area contributed by atoms with Crippen LogP contribution in [0, 0.1) is 5.92 Å². The van der Waals surface area contributed by atoms with Crippen LogP contribution in [0.15, 0.2) is 47.1 Å². The summed E-state index contributed by atoms with van der Waals surface area (Å²) >= 11 is 0. The molecule has 1 aromatic heterocycles. The summed E-state index contributed by atoms with van der Waals surface area (Å²) in [7, 11) is 0. The molecule has 0 aliphatic carbocycles. The highest BCUT2D eigenvalue weighted by Gasteiger charge is 2.38. The van der Waals surface area contributed by atoms with Crippen LogP contribution in [-0.4, -0.2) is 36.4 Å². The van der Waals surface area contributed by atoms with Crippen LogP contribution in [-0.2, 0) is 16.1 Å². The summed E-state index contributed by atoms with van der Waals surface area (Å²) in [6.07, 6.45) is 1.84. The van der Waals surface area contributed by atoms with Gasteiger partial charge in [-0.05, 0) is 24.3 Å². The van der Waals surface area contributed by atoms with Gasteiger partial charge >= 0.3 is 0 Å². The zero-order valence-electron chi connectivity index (χ0n) is 13.2. The first-order valence-corrected chi connectivity index (χ1v) is 8.06. The summed E-state index contributed by atoms with van der Waals surface area (Å²) in [4.78, 5) is 28.6. The molecule has 124 valence electrons. The molecule has 2 amide bonds. The number of para-hydroxylation sites is 2. The summed E-state index contributed by atoms with van der Waals surface area (Å²) in [5, 5.41) is 0. The number of furan rings is 1. The molecule has 1 fully saturated rings. The molecule has 3 heterocycles. The second-order valence-electron chi connectivity index (χ2n) is 6.06. The lowest BCUT2D eigenvalue weighted by atomic mass is 10.1. The minimum atomic E-state index is -0.321. The van der Waals surface area contributed by atoms with Crippen LogP contribution in [0.5, 0.6) is 5.75 Å². The van der Waals surface area contributed by atoms with Crippen LogP contribution in [0.2, 0.25) is 0 Å². The van der Waals surface area contributed by atoms with Crippen LogP contribution in [0.25, 0.3) is 0 Å². The molecule has 24 heavy (non-hydrogen) atoms. The smallest absolute Gasteiger partial charge is 0.232 e. The molecule has 2 aliphatic rings. The molecule has 1 atom stereocenters. The topological polar surface area (TPSA) is 63.0 Å². The Morgan fingerprint density at radius 1 is 1.21 bits per heavy atom. The number of amides is 2. The largest absolute Gasteiger partial charge is 0.490 e. The fourth-order valence-electron chi connectivity index (χ4n) is 3.30. The zero-order chi connectivity index (χ0) is 16.5. The number of nitrogens with zero attached hydrogens (tertiary/aromatic N) is 2. The van der Waals surface area contributed by atoms with Crippen molar-refractivity contribution >= 4 is 17.5 Å². The number of hydrogen-bond acceptors (Lipinski definition) is 4. The Morgan fingerprint density at radius 2 is 2.08 bits per heavy atom. The second kappa shape index (κ2) is 6.03. The van der Waals surface area contributed by atoms with Crippen molar-refractivity contribution in [1.82, 2.24) is 4.90 Å². The molecule has 4 rings (SSSR count). The van der Waals surface area contributed by atoms with E-state index in [1.165, 1.54) is 0 Å². The Labute approximate surface area is 139 Å². The first-order valence-electron chi connectivity index (χ1n) is 8.06. The Hall–Kier alpha value is -2.76. The van der Waals surface area contributed by atoms with Gasteiger partial charge < -0.3 is 19.0 Å². The molecule has 0 bridgehead atoms. The summed E-state index contributed by atoms with van der Waals surface area (Å²) in [5.41, 5.74) is 0.783. The third kappa shape index (κ3) is 2.64. The van der Waals surface area contributed by atoms with Crippen molar-refractivity contribution in [1.29, 1.82) is 0 Å². The van der Waals surface area contributed by atoms with E-state index in [0.29, 0.717) is 32.0 Å². The number of carbonyl (C=O) groups is 2. The first-order chi connectivity index (χ1) is 11.7. The monoisotopic (exact) mass is 326 g/mol. The second-order valence-corrected chi connectivity index (χ2v) is 6.06. The van der Waals surface area contributed by atoms with Gasteiger partial charge in [0.05, 0.1) is 31.0 Å². The van der Waals surface area contributed by atoms with E-state index in [4.69, 9.17) is 9.15 Å². The summed E-state index contributed by atoms with van der Waals surface area (Å²) in [5.74, 6) is 1.10. The van der Waals surface area contributed by atoms with Crippen molar-refractivity contribution < 1.29 is 18.7 Å². The highest BCUT2D eigenvalue weighted by atomic mass is 16.5. The van der Waals surface area contributed by atoms with Crippen LogP contribution >= 0.6 is 0 Å². The molecular weight excluding hydrogens is 308 g/mol. The van der Waals surface area contributed by atoms with Gasteiger partial charge in [-0.15, -0.1) is 0 Å². The molecular formula is C18H18N2O4. The standard InChI is InChI=1S/C18H18N2O4/c21-17-10-13(11-19(17)12-14-4-3-8-23-14)18(22)20-7-9-24-16-6-2-1-5-15(16)20/h1-6,8,13H,7,9-12H2/t13-/m1/s1. The van der Waals surface area contributed by atoms with Crippen molar-refractivity contribution in [3.8, 4) is 5.75 Å². The summed E-state index contributed by atoms with van der Waals surface area (Å²) in [6, 6.07) is 11.1. The Balaban J connectivity index is 1.49. The van der Waals surface area contributed by atoms with Crippen molar-refractivity contribution in [2.45, 2.75) is 13.0 Å². The molecule has 6 nitrogen and oxygen atoms in total. The molecule has 1 aromatic carbocycles. The zero-order valence-corrected chi connectivity index (χ0v) is 13.2. The van der Waals surface area contributed by atoms with Gasteiger partial charge in [0, 0.05) is 13.0 Å². The van der Waals surface area contributed by atoms with Crippen LogP contribution < -0.4 is 9.64 Å². The van der Waals surface area contributed by atoms with E-state index < -0.39 is 0 Å². The number of rotatable bonds is 3. The molecule has 2 aromatic rings. The maximum atomic E-state index is 12.9. The SMILES string of the molecule is O=C1C[C@@H](C(=O)N2CCOc3ccccc32)CN1Cc1ccco1. The van der Waals surface area contributed by atoms with Crippen LogP contribution in [0.1, 0.15) is 12.2 Å². The van der Waals surface area contributed by atoms with E-state index in [0.717, 1.165) is 11.4 Å². The minimum absolute atomic E-state index is 0.00806. The van der Waals surface area contributed by atoms with Gasteiger partial charge in [0.1, 0.15) is 18.1 Å². The Bertz CT molecular complexity index is 756. The predicted molar refractivity (Wildman–Crippen MR) is 86.5 cm³/mol. The maximum Gasteiger partial charge on any atom is 0.232 e. The lowest BCUT2D eigenvalue weighted by Crippen LogP contribution is -2.42. The van der Waals surface area contributed by atoms with Gasteiger partial charge in [-0.2, -0.15) is 0 Å². The van der Waals surface area contributed by atoms with Gasteiger partial charge in [-0.25, -0.2) is 0 Å². The molecule has 0 spiro atoms. The minimum Gasteiger partial charge on any atom is -0.490 e. The molecule has 1 saturated heterocycles. The number of carbonyl (C=O) groups excluding carboxylic acids is 2. The number of fused-ring (bicyclic) bond motifs is 1. The lowest BCUT2D eigenvalue weighted by Gasteiger charge is -2.31. The average Bonchev–Trinajstić information content (AvgIpc) is 3.24. The summed E-state index contributed by atoms with van der Waals surface area (Å²) < 4.78 is 10.9. The van der Waals surface area contributed by atoms with Gasteiger partial charge in [0.25, 0.3) is 0 Å². The molecule has 0 saturated carbocycles. The van der Waals surface area contributed by atoms with Crippen molar-refractivity contribution in [2.24, 2.45) is 5.92 Å². The van der Waals surface area contributed by atoms with Crippen molar-refractivity contribution in [3.63, 3.8) is 0 Å². The highest BCUT2D eigenvalue weighted by Crippen LogP contribution is 2.33. The number of hydrogen-bond donors (Lipinski definition) is 0. The van der Waals surface area contributed by atoms with E-state index in [-0.39, 0.29) is 24.2 Å². The van der Waals surface area contributed by atoms with Gasteiger partial charge in [-0.3, -0.25) is 9.59 Å². The number of likely N-dealkylation sites (tertiary alicyclic amines) is 1. The molecule has 0 radical (unpaired) electrons. The van der Waals surface area contributed by atoms with Gasteiger partial charge in [0.15, 0.2) is 0 Å². The van der Waals surface area contributed by atoms with Gasteiger partial charge in [-0.1, -0.05) is 12.1 Å². The highest BCUT2D eigenvalue weighted by molar-refractivity contribution is 6.00. The third-order valence-corrected chi connectivity index (χ3v) is 4.49. The van der Waals surface area contributed by atoms with E-state index in [9.17, 15) is 9.59 Å². The van der Waals surface area contributed by atoms with Crippen molar-refractivity contribution in [2.75, 3.05) is 24.6 Å². The van der Waals surface area contributed by atoms with Crippen LogP contribution in [0.4, 0.5) is 5.69 Å². The van der Waals surface area contributed by atoms with Gasteiger partial charge in [0.2, 0.25) is 11.8 Å². The molecule has 0 unspecified atom stereocenters. The normalized spacial score (nSPS) is 20.0. The van der Waals surface area contributed by atoms with E-state index in [1.54, 1.807) is 22.1 Å². The predicted octanol–water partition coefficient (Wildman–Crippen LogP) is 2.05. The molecule has 2 aliphatic heterocycles. The van der Waals surface area contributed by atoms with Crippen molar-refractivity contribution in [3.05, 3.63) is 48.4 Å². The Morgan fingerprint density at radius 3 is 2.92 bits per heavy atom. The average molecular weight is 326 g/mol. The first kappa shape index (κ1) is 14.8. The maximum absolute atomic E-state index is 12.9. The Kier molecular flexibility index (Phi) is 3.72.